The lowest BCUT2D eigenvalue weighted by molar-refractivity contribution is -0.108. The first-order valence-electron chi connectivity index (χ1n) is 3.60. The zero-order valence-electron chi connectivity index (χ0n) is 6.63. The van der Waals surface area contributed by atoms with Gasteiger partial charge in [0, 0.05) is 27.6 Å². The summed E-state index contributed by atoms with van der Waals surface area (Å²) in [5, 5.41) is 0.582. The minimum atomic E-state index is -0.411. The second-order valence-corrected chi connectivity index (χ2v) is 3.32. The van der Waals surface area contributed by atoms with Crippen LogP contribution in [0.4, 0.5) is 0 Å². The van der Waals surface area contributed by atoms with E-state index in [0.29, 0.717) is 5.02 Å². The van der Waals surface area contributed by atoms with Gasteiger partial charge in [0.2, 0.25) is 0 Å². The summed E-state index contributed by atoms with van der Waals surface area (Å²) in [6, 6.07) is 7.22. The van der Waals surface area contributed by atoms with Crippen LogP contribution in [0.15, 0.2) is 24.3 Å². The Kier molecular flexibility index (Phi) is 4.26. The molecule has 0 radical (unpaired) electrons. The van der Waals surface area contributed by atoms with Gasteiger partial charge in [-0.15, -0.1) is 0 Å². The first-order valence-corrected chi connectivity index (χ1v) is 5.06. The Balaban J connectivity index is 3.09. The third-order valence-corrected chi connectivity index (χ3v) is 2.24. The van der Waals surface area contributed by atoms with Gasteiger partial charge < -0.3 is 4.79 Å². The molecule has 1 atom stereocenters. The van der Waals surface area contributed by atoms with Gasteiger partial charge in [0.1, 0.15) is 12.2 Å². The SMILES string of the molecule is O=CC(C#CI)c1ccccc1Cl. The molecule has 66 valence electrons. The largest absolute Gasteiger partial charge is 0.302 e. The summed E-state index contributed by atoms with van der Waals surface area (Å²) >= 11 is 7.81. The fourth-order valence-corrected chi connectivity index (χ4v) is 1.56. The van der Waals surface area contributed by atoms with Gasteiger partial charge in [-0.05, 0) is 15.6 Å². The summed E-state index contributed by atoms with van der Waals surface area (Å²) in [5.74, 6) is 2.36. The van der Waals surface area contributed by atoms with Gasteiger partial charge in [0.05, 0.1) is 0 Å². The number of aldehydes is 1. The van der Waals surface area contributed by atoms with Crippen LogP contribution in [0.2, 0.25) is 5.02 Å². The molecular formula is C10H6ClIO. The molecule has 0 aliphatic rings. The zero-order chi connectivity index (χ0) is 9.68. The van der Waals surface area contributed by atoms with Gasteiger partial charge in [0.25, 0.3) is 0 Å². The summed E-state index contributed by atoms with van der Waals surface area (Å²) in [6.07, 6.45) is 0.798. The smallest absolute Gasteiger partial charge is 0.139 e. The van der Waals surface area contributed by atoms with Crippen LogP contribution in [0.3, 0.4) is 0 Å². The fourth-order valence-electron chi connectivity index (χ4n) is 0.971. The van der Waals surface area contributed by atoms with Crippen LogP contribution in [0.1, 0.15) is 11.5 Å². The van der Waals surface area contributed by atoms with Crippen LogP contribution in [-0.2, 0) is 4.79 Å². The molecule has 13 heavy (non-hydrogen) atoms. The maximum Gasteiger partial charge on any atom is 0.139 e. The molecule has 0 saturated heterocycles. The van der Waals surface area contributed by atoms with Gasteiger partial charge in [-0.1, -0.05) is 35.7 Å². The molecule has 1 unspecified atom stereocenters. The predicted molar refractivity (Wildman–Crippen MR) is 62.1 cm³/mol. The lowest BCUT2D eigenvalue weighted by Gasteiger charge is -2.04. The standard InChI is InChI=1S/C10H6ClIO/c11-10-4-2-1-3-9(10)8(7-13)5-6-12/h1-4,7-8H. The van der Waals surface area contributed by atoms with Crippen LogP contribution in [0, 0.1) is 9.85 Å². The summed E-state index contributed by atoms with van der Waals surface area (Å²) in [5.41, 5.74) is 0.767. The van der Waals surface area contributed by atoms with Crippen LogP contribution in [0.5, 0.6) is 0 Å². The molecule has 1 aromatic rings. The average molecular weight is 305 g/mol. The van der Waals surface area contributed by atoms with Crippen molar-refractivity contribution in [3.05, 3.63) is 34.9 Å². The number of carbonyl (C=O) groups is 1. The number of carbonyl (C=O) groups excluding carboxylic acids is 1. The van der Waals surface area contributed by atoms with E-state index in [9.17, 15) is 4.79 Å². The molecule has 0 amide bonds. The number of benzene rings is 1. The van der Waals surface area contributed by atoms with E-state index in [2.05, 4.69) is 9.85 Å². The number of rotatable bonds is 2. The molecule has 1 rings (SSSR count). The molecule has 0 bridgehead atoms. The second kappa shape index (κ2) is 5.25. The molecule has 0 N–H and O–H groups in total. The highest BCUT2D eigenvalue weighted by atomic mass is 127. The summed E-state index contributed by atoms with van der Waals surface area (Å²) < 4.78 is 2.67. The molecule has 3 heteroatoms. The van der Waals surface area contributed by atoms with Gasteiger partial charge >= 0.3 is 0 Å². The van der Waals surface area contributed by atoms with Crippen molar-refractivity contribution in [2.45, 2.75) is 5.92 Å². The van der Waals surface area contributed by atoms with Crippen LogP contribution < -0.4 is 0 Å². The second-order valence-electron chi connectivity index (χ2n) is 2.37. The Hall–Kier alpha value is -0.530. The minimum Gasteiger partial charge on any atom is -0.302 e. The molecule has 0 saturated carbocycles. The molecule has 0 aliphatic carbocycles. The maximum absolute atomic E-state index is 10.7. The van der Waals surface area contributed by atoms with Crippen molar-refractivity contribution >= 4 is 40.5 Å². The van der Waals surface area contributed by atoms with Crippen LogP contribution >= 0.6 is 34.2 Å². The normalized spacial score (nSPS) is 11.2. The van der Waals surface area contributed by atoms with Crippen molar-refractivity contribution in [3.63, 3.8) is 0 Å². The van der Waals surface area contributed by atoms with E-state index in [-0.39, 0.29) is 0 Å². The highest BCUT2D eigenvalue weighted by molar-refractivity contribution is 14.1. The van der Waals surface area contributed by atoms with Gasteiger partial charge in [-0.2, -0.15) is 0 Å². The maximum atomic E-state index is 10.7. The van der Waals surface area contributed by atoms with Crippen molar-refractivity contribution in [2.75, 3.05) is 0 Å². The van der Waals surface area contributed by atoms with Gasteiger partial charge in [-0.3, -0.25) is 0 Å². The molecule has 0 heterocycles. The first-order chi connectivity index (χ1) is 6.29. The van der Waals surface area contributed by atoms with Gasteiger partial charge in [-0.25, -0.2) is 0 Å². The van der Waals surface area contributed by atoms with Crippen molar-refractivity contribution in [1.82, 2.24) is 0 Å². The summed E-state index contributed by atoms with van der Waals surface area (Å²) in [7, 11) is 0. The Morgan fingerprint density at radius 3 is 2.69 bits per heavy atom. The highest BCUT2D eigenvalue weighted by Crippen LogP contribution is 2.22. The molecule has 0 aromatic heterocycles. The third kappa shape index (κ3) is 2.71. The Morgan fingerprint density at radius 2 is 2.15 bits per heavy atom. The molecule has 0 fully saturated rings. The van der Waals surface area contributed by atoms with E-state index >= 15 is 0 Å². The van der Waals surface area contributed by atoms with Crippen molar-refractivity contribution in [3.8, 4) is 9.85 Å². The number of hydrogen-bond donors (Lipinski definition) is 0. The Bertz CT molecular complexity index is 365. The molecular weight excluding hydrogens is 298 g/mol. The monoisotopic (exact) mass is 304 g/mol. The van der Waals surface area contributed by atoms with Crippen molar-refractivity contribution in [1.29, 1.82) is 0 Å². The molecule has 0 spiro atoms. The number of hydrogen-bond acceptors (Lipinski definition) is 1. The highest BCUT2D eigenvalue weighted by Gasteiger charge is 2.09. The van der Waals surface area contributed by atoms with E-state index in [1.165, 1.54) is 0 Å². The lowest BCUT2D eigenvalue weighted by atomic mass is 10.0. The van der Waals surface area contributed by atoms with Crippen molar-refractivity contribution in [2.24, 2.45) is 0 Å². The van der Waals surface area contributed by atoms with E-state index in [4.69, 9.17) is 11.6 Å². The van der Waals surface area contributed by atoms with E-state index in [1.807, 2.05) is 40.8 Å². The summed E-state index contributed by atoms with van der Waals surface area (Å²) in [6.45, 7) is 0. The minimum absolute atomic E-state index is 0.411. The predicted octanol–water partition coefficient (Wildman–Crippen LogP) is 3.02. The Morgan fingerprint density at radius 1 is 1.46 bits per heavy atom. The first kappa shape index (κ1) is 10.6. The van der Waals surface area contributed by atoms with Crippen molar-refractivity contribution < 1.29 is 4.79 Å². The van der Waals surface area contributed by atoms with Crippen LogP contribution in [-0.4, -0.2) is 6.29 Å². The zero-order valence-corrected chi connectivity index (χ0v) is 9.54. The molecule has 1 aromatic carbocycles. The molecule has 0 aliphatic heterocycles. The van der Waals surface area contributed by atoms with Crippen LogP contribution in [0.25, 0.3) is 0 Å². The fraction of sp³-hybridized carbons (Fsp3) is 0.100. The topological polar surface area (TPSA) is 17.1 Å². The van der Waals surface area contributed by atoms with Gasteiger partial charge in [0.15, 0.2) is 0 Å². The van der Waals surface area contributed by atoms with E-state index in [1.54, 1.807) is 6.07 Å². The molecule has 1 nitrogen and oxygen atoms in total. The number of halogens is 2. The Labute approximate surface area is 95.6 Å². The average Bonchev–Trinajstić information content (AvgIpc) is 2.16. The lowest BCUT2D eigenvalue weighted by Crippen LogP contribution is -1.97. The third-order valence-electron chi connectivity index (χ3n) is 1.59. The quantitative estimate of drug-likeness (QED) is 0.466. The summed E-state index contributed by atoms with van der Waals surface area (Å²) in [4.78, 5) is 10.7. The van der Waals surface area contributed by atoms with E-state index in [0.717, 1.165) is 11.8 Å². The van der Waals surface area contributed by atoms with E-state index < -0.39 is 5.92 Å².